The summed E-state index contributed by atoms with van der Waals surface area (Å²) in [6, 6.07) is 8.22. The highest BCUT2D eigenvalue weighted by Crippen LogP contribution is 2.51. The monoisotopic (exact) mass is 410 g/mol. The average molecular weight is 411 g/mol. The molecule has 1 aliphatic heterocycles. The van der Waals surface area contributed by atoms with Crippen LogP contribution in [0.5, 0.6) is 5.75 Å². The molecule has 0 atom stereocenters. The van der Waals surface area contributed by atoms with Crippen LogP contribution in [0, 0.1) is 0 Å². The summed E-state index contributed by atoms with van der Waals surface area (Å²) in [7, 11) is 3.57. The number of benzene rings is 1. The Labute approximate surface area is 177 Å². The van der Waals surface area contributed by atoms with Crippen molar-refractivity contribution in [3.05, 3.63) is 42.2 Å². The lowest BCUT2D eigenvalue weighted by Gasteiger charge is -2.35. The molecule has 1 aromatic heterocycles. The first-order valence-corrected chi connectivity index (χ1v) is 10.5. The minimum atomic E-state index is 0.0365. The maximum atomic E-state index is 12.8. The molecule has 30 heavy (non-hydrogen) atoms. The van der Waals surface area contributed by atoms with Crippen molar-refractivity contribution in [3.8, 4) is 5.75 Å². The van der Waals surface area contributed by atoms with Gasteiger partial charge in [0.15, 0.2) is 5.96 Å². The van der Waals surface area contributed by atoms with Gasteiger partial charge in [0, 0.05) is 43.9 Å². The molecule has 0 bridgehead atoms. The summed E-state index contributed by atoms with van der Waals surface area (Å²) in [5, 5.41) is 7.55. The first kappa shape index (κ1) is 20.3. The number of anilines is 1. The zero-order chi connectivity index (χ0) is 21.1. The minimum absolute atomic E-state index is 0.0365. The fourth-order valence-electron chi connectivity index (χ4n) is 4.07. The van der Waals surface area contributed by atoms with Crippen LogP contribution >= 0.6 is 0 Å². The number of hydrogen-bond acceptors (Lipinski definition) is 4. The molecule has 0 spiro atoms. The van der Waals surface area contributed by atoms with Crippen LogP contribution in [0.1, 0.15) is 25.3 Å². The van der Waals surface area contributed by atoms with Crippen LogP contribution in [0.15, 0.2) is 41.7 Å². The van der Waals surface area contributed by atoms with Crippen molar-refractivity contribution in [2.75, 3.05) is 44.7 Å². The molecule has 0 unspecified atom stereocenters. The smallest absolute Gasteiger partial charge is 0.246 e. The molecule has 1 amide bonds. The first-order chi connectivity index (χ1) is 14.6. The Morgan fingerprint density at radius 3 is 2.73 bits per heavy atom. The Bertz CT molecular complexity index is 933. The van der Waals surface area contributed by atoms with Gasteiger partial charge in [-0.05, 0) is 25.8 Å². The van der Waals surface area contributed by atoms with E-state index >= 15 is 0 Å². The second-order valence-corrected chi connectivity index (χ2v) is 7.99. The molecule has 8 nitrogen and oxygen atoms in total. The number of ether oxygens (including phenoxy) is 1. The van der Waals surface area contributed by atoms with Gasteiger partial charge in [0.1, 0.15) is 12.3 Å². The van der Waals surface area contributed by atoms with Crippen molar-refractivity contribution < 1.29 is 9.53 Å². The molecular weight excluding hydrogens is 380 g/mol. The van der Waals surface area contributed by atoms with Gasteiger partial charge in [0.25, 0.3) is 0 Å². The van der Waals surface area contributed by atoms with Gasteiger partial charge < -0.3 is 19.9 Å². The third kappa shape index (κ3) is 3.99. The van der Waals surface area contributed by atoms with Crippen molar-refractivity contribution in [1.29, 1.82) is 0 Å². The number of nitrogens with zero attached hydrogens (tertiary/aromatic N) is 5. The topological polar surface area (TPSA) is 75.0 Å². The number of aliphatic imine (C=N–C) groups is 1. The van der Waals surface area contributed by atoms with Gasteiger partial charge >= 0.3 is 0 Å². The molecule has 2 heterocycles. The zero-order valence-corrected chi connectivity index (χ0v) is 18.0. The molecule has 160 valence electrons. The van der Waals surface area contributed by atoms with Gasteiger partial charge in [0.2, 0.25) is 5.91 Å². The third-order valence-corrected chi connectivity index (χ3v) is 5.92. The fraction of sp³-hybridized carbons (Fsp3) is 0.500. The number of nitrogens with one attached hydrogen (secondary N) is 1. The van der Waals surface area contributed by atoms with E-state index in [1.165, 1.54) is 5.56 Å². The molecule has 1 aliphatic carbocycles. The van der Waals surface area contributed by atoms with Crippen LogP contribution in [-0.2, 0) is 17.3 Å². The lowest BCUT2D eigenvalue weighted by Crippen LogP contribution is -2.55. The molecule has 2 aliphatic rings. The second-order valence-electron chi connectivity index (χ2n) is 7.99. The predicted octanol–water partition coefficient (Wildman–Crippen LogP) is 1.77. The van der Waals surface area contributed by atoms with Crippen LogP contribution < -0.4 is 15.0 Å². The molecule has 8 heteroatoms. The van der Waals surface area contributed by atoms with E-state index < -0.39 is 0 Å². The Kier molecular flexibility index (Phi) is 5.65. The highest BCUT2D eigenvalue weighted by Gasteiger charge is 2.46. The van der Waals surface area contributed by atoms with Crippen molar-refractivity contribution in [2.24, 2.45) is 12.0 Å². The largest absolute Gasteiger partial charge is 0.496 e. The van der Waals surface area contributed by atoms with Gasteiger partial charge in [-0.15, -0.1) is 0 Å². The van der Waals surface area contributed by atoms with E-state index in [4.69, 9.17) is 9.73 Å². The van der Waals surface area contributed by atoms with Gasteiger partial charge in [-0.25, -0.2) is 0 Å². The normalized spacial score (nSPS) is 18.5. The van der Waals surface area contributed by atoms with Crippen LogP contribution in [0.2, 0.25) is 0 Å². The second kappa shape index (κ2) is 8.38. The molecule has 1 aromatic carbocycles. The van der Waals surface area contributed by atoms with Crippen LogP contribution in [0.4, 0.5) is 5.69 Å². The maximum Gasteiger partial charge on any atom is 0.246 e. The van der Waals surface area contributed by atoms with Crippen LogP contribution in [0.25, 0.3) is 0 Å². The van der Waals surface area contributed by atoms with Crippen molar-refractivity contribution in [2.45, 2.75) is 25.2 Å². The van der Waals surface area contributed by atoms with E-state index in [0.717, 1.165) is 43.3 Å². The van der Waals surface area contributed by atoms with Gasteiger partial charge in [-0.3, -0.25) is 14.5 Å². The number of hydrogen-bond donors (Lipinski definition) is 1. The molecule has 1 saturated heterocycles. The number of amides is 1. The van der Waals surface area contributed by atoms with E-state index in [9.17, 15) is 4.79 Å². The molecule has 0 radical (unpaired) electrons. The van der Waals surface area contributed by atoms with Crippen molar-refractivity contribution >= 4 is 17.6 Å². The number of guanidine groups is 1. The maximum absolute atomic E-state index is 12.8. The summed E-state index contributed by atoms with van der Waals surface area (Å²) in [5.41, 5.74) is 2.11. The molecule has 2 fully saturated rings. The number of aryl methyl sites for hydroxylation is 1. The van der Waals surface area contributed by atoms with Crippen molar-refractivity contribution in [3.63, 3.8) is 0 Å². The lowest BCUT2D eigenvalue weighted by molar-refractivity contribution is -0.120. The third-order valence-electron chi connectivity index (χ3n) is 5.92. The number of carbonyl (C=O) groups is 1. The summed E-state index contributed by atoms with van der Waals surface area (Å²) in [4.78, 5) is 21.6. The Hall–Kier alpha value is -3.03. The summed E-state index contributed by atoms with van der Waals surface area (Å²) in [6.07, 6.45) is 5.81. The standard InChI is InChI=1S/C22H30N6O2/c1-4-23-21(24-16-22(9-10-22)18-7-5-6-8-19(18)30-3)27-11-12-28(20(29)15-27)17-13-25-26(2)14-17/h5-8,13-14H,4,9-12,15-16H2,1-3H3,(H,23,24). The quantitative estimate of drug-likeness (QED) is 0.580. The molecular formula is C22H30N6O2. The van der Waals surface area contributed by atoms with Crippen LogP contribution in [0.3, 0.4) is 0 Å². The summed E-state index contributed by atoms with van der Waals surface area (Å²) < 4.78 is 7.30. The molecule has 1 N–H and O–H groups in total. The first-order valence-electron chi connectivity index (χ1n) is 10.5. The van der Waals surface area contributed by atoms with E-state index in [2.05, 4.69) is 34.4 Å². The number of rotatable bonds is 6. The van der Waals surface area contributed by atoms with E-state index in [0.29, 0.717) is 19.6 Å². The highest BCUT2D eigenvalue weighted by atomic mass is 16.5. The number of piperazine rings is 1. The Balaban J connectivity index is 1.48. The molecule has 2 aromatic rings. The van der Waals surface area contributed by atoms with Gasteiger partial charge in [0.05, 0.1) is 25.5 Å². The van der Waals surface area contributed by atoms with Crippen molar-refractivity contribution in [1.82, 2.24) is 20.0 Å². The van der Waals surface area contributed by atoms with Crippen LogP contribution in [-0.4, -0.2) is 66.4 Å². The molecule has 1 saturated carbocycles. The molecule has 4 rings (SSSR count). The number of aromatic nitrogens is 2. The summed E-state index contributed by atoms with van der Waals surface area (Å²) in [6.45, 7) is 5.16. The Morgan fingerprint density at radius 2 is 2.10 bits per heavy atom. The average Bonchev–Trinajstić information content (AvgIpc) is 3.43. The summed E-state index contributed by atoms with van der Waals surface area (Å²) in [5.74, 6) is 1.79. The van der Waals surface area contributed by atoms with Gasteiger partial charge in [-0.2, -0.15) is 5.10 Å². The van der Waals surface area contributed by atoms with E-state index in [1.807, 2.05) is 25.4 Å². The number of para-hydroxylation sites is 1. The zero-order valence-electron chi connectivity index (χ0n) is 18.0. The van der Waals surface area contributed by atoms with E-state index in [-0.39, 0.29) is 11.3 Å². The lowest BCUT2D eigenvalue weighted by atomic mass is 9.95. The summed E-state index contributed by atoms with van der Waals surface area (Å²) >= 11 is 0. The minimum Gasteiger partial charge on any atom is -0.496 e. The number of methoxy groups -OCH3 is 1. The SMILES string of the molecule is CCNC(=NCC1(c2ccccc2OC)CC1)N1CCN(c2cnn(C)c2)C(=O)C1. The fourth-order valence-corrected chi connectivity index (χ4v) is 4.07. The van der Waals surface area contributed by atoms with Gasteiger partial charge in [-0.1, -0.05) is 18.2 Å². The number of carbonyl (C=O) groups excluding carboxylic acids is 1. The Morgan fingerprint density at radius 1 is 1.30 bits per heavy atom. The predicted molar refractivity (Wildman–Crippen MR) is 117 cm³/mol. The highest BCUT2D eigenvalue weighted by molar-refractivity contribution is 5.98. The van der Waals surface area contributed by atoms with E-state index in [1.54, 1.807) is 22.9 Å².